The van der Waals surface area contributed by atoms with Crippen LogP contribution >= 0.6 is 0 Å². The number of nitrogens with zero attached hydrogens (tertiary/aromatic N) is 1. The molecule has 16 heavy (non-hydrogen) atoms. The quantitative estimate of drug-likeness (QED) is 0.615. The molecule has 0 amide bonds. The maximum absolute atomic E-state index is 3.97. The Hall–Kier alpha value is -1.24. The molecule has 0 rings (SSSR count). The van der Waals surface area contributed by atoms with Crippen LogP contribution < -0.4 is 0 Å². The summed E-state index contributed by atoms with van der Waals surface area (Å²) in [7, 11) is 2.05. The van der Waals surface area contributed by atoms with Gasteiger partial charge >= 0.3 is 0 Å². The van der Waals surface area contributed by atoms with E-state index >= 15 is 0 Å². The third-order valence-electron chi connectivity index (χ3n) is 2.47. The predicted octanol–water partition coefficient (Wildman–Crippen LogP) is 4.51. The van der Waals surface area contributed by atoms with Crippen LogP contribution in [0.4, 0.5) is 0 Å². The van der Waals surface area contributed by atoms with Gasteiger partial charge in [-0.1, -0.05) is 44.7 Å². The van der Waals surface area contributed by atoms with Crippen LogP contribution in [0.15, 0.2) is 47.9 Å². The Morgan fingerprint density at radius 2 is 1.75 bits per heavy atom. The van der Waals surface area contributed by atoms with E-state index in [2.05, 4.69) is 63.5 Å². The molecular formula is C15H25N. The summed E-state index contributed by atoms with van der Waals surface area (Å²) in [4.78, 5) is 2.11. The fourth-order valence-electron chi connectivity index (χ4n) is 1.39. The van der Waals surface area contributed by atoms with Crippen LogP contribution in [0.1, 0.15) is 34.6 Å². The monoisotopic (exact) mass is 219 g/mol. The zero-order valence-electron chi connectivity index (χ0n) is 11.5. The summed E-state index contributed by atoms with van der Waals surface area (Å²) >= 11 is 0. The van der Waals surface area contributed by atoms with Crippen LogP contribution in [0.5, 0.6) is 0 Å². The summed E-state index contributed by atoms with van der Waals surface area (Å²) in [5.74, 6) is 0.572. The molecule has 0 N–H and O–H groups in total. The first-order valence-corrected chi connectivity index (χ1v) is 5.84. The van der Waals surface area contributed by atoms with E-state index in [0.717, 1.165) is 5.70 Å². The van der Waals surface area contributed by atoms with Crippen molar-refractivity contribution < 1.29 is 0 Å². The van der Waals surface area contributed by atoms with Gasteiger partial charge in [0, 0.05) is 18.4 Å². The molecule has 0 aromatic rings. The van der Waals surface area contributed by atoms with Crippen LogP contribution in [0.2, 0.25) is 0 Å². The van der Waals surface area contributed by atoms with Gasteiger partial charge in [-0.15, -0.1) is 0 Å². The summed E-state index contributed by atoms with van der Waals surface area (Å²) in [5.41, 5.74) is 3.49. The van der Waals surface area contributed by atoms with Crippen LogP contribution in [-0.4, -0.2) is 11.9 Å². The molecule has 0 saturated carbocycles. The highest BCUT2D eigenvalue weighted by Gasteiger charge is 2.06. The lowest BCUT2D eigenvalue weighted by molar-refractivity contribution is 0.533. The smallest absolute Gasteiger partial charge is 0.0432 e. The molecule has 0 unspecified atom stereocenters. The van der Waals surface area contributed by atoms with Gasteiger partial charge in [-0.05, 0) is 32.3 Å². The Balaban J connectivity index is 5.02. The average molecular weight is 219 g/mol. The maximum atomic E-state index is 3.97. The minimum Gasteiger partial charge on any atom is -0.349 e. The molecule has 0 radical (unpaired) electrons. The van der Waals surface area contributed by atoms with Gasteiger partial charge in [-0.3, -0.25) is 0 Å². The average Bonchev–Trinajstić information content (AvgIpc) is 2.22. The molecule has 0 aromatic carbocycles. The Morgan fingerprint density at radius 1 is 1.19 bits per heavy atom. The molecule has 0 aliphatic rings. The van der Waals surface area contributed by atoms with Crippen molar-refractivity contribution in [1.82, 2.24) is 4.90 Å². The van der Waals surface area contributed by atoms with E-state index in [-0.39, 0.29) is 0 Å². The van der Waals surface area contributed by atoms with Crippen molar-refractivity contribution in [3.05, 3.63) is 47.9 Å². The van der Waals surface area contributed by atoms with Gasteiger partial charge in [-0.25, -0.2) is 0 Å². The Labute approximate surface area is 101 Å². The topological polar surface area (TPSA) is 3.24 Å². The summed E-state index contributed by atoms with van der Waals surface area (Å²) < 4.78 is 0. The van der Waals surface area contributed by atoms with Crippen LogP contribution in [0, 0.1) is 5.92 Å². The largest absolute Gasteiger partial charge is 0.349 e. The second-order valence-electron chi connectivity index (χ2n) is 4.32. The van der Waals surface area contributed by atoms with E-state index in [1.165, 1.54) is 11.3 Å². The van der Waals surface area contributed by atoms with Crippen molar-refractivity contribution in [3.63, 3.8) is 0 Å². The van der Waals surface area contributed by atoms with Gasteiger partial charge in [0.25, 0.3) is 0 Å². The lowest BCUT2D eigenvalue weighted by Gasteiger charge is -2.23. The number of hydrogen-bond acceptors (Lipinski definition) is 1. The van der Waals surface area contributed by atoms with E-state index in [4.69, 9.17) is 0 Å². The van der Waals surface area contributed by atoms with Crippen molar-refractivity contribution in [3.8, 4) is 0 Å². The zero-order valence-corrected chi connectivity index (χ0v) is 11.5. The molecule has 0 spiro atoms. The molecule has 0 aliphatic heterocycles. The summed E-state index contributed by atoms with van der Waals surface area (Å²) in [6, 6.07) is 0. The van der Waals surface area contributed by atoms with E-state index in [9.17, 15) is 0 Å². The molecule has 1 nitrogen and oxygen atoms in total. The molecule has 0 fully saturated rings. The molecule has 0 aliphatic carbocycles. The first-order chi connectivity index (χ1) is 7.43. The SMILES string of the molecule is C=C(C)N(C)C(=C\C)/C(/C=C\C(C)C)=C/C. The summed E-state index contributed by atoms with van der Waals surface area (Å²) in [6.07, 6.45) is 8.65. The van der Waals surface area contributed by atoms with E-state index in [1.807, 2.05) is 14.0 Å². The van der Waals surface area contributed by atoms with Gasteiger partial charge in [0.05, 0.1) is 0 Å². The van der Waals surface area contributed by atoms with E-state index in [1.54, 1.807) is 0 Å². The highest BCUT2D eigenvalue weighted by molar-refractivity contribution is 5.39. The normalized spacial score (nSPS) is 13.7. The van der Waals surface area contributed by atoms with Crippen molar-refractivity contribution in [2.45, 2.75) is 34.6 Å². The first kappa shape index (κ1) is 14.8. The minimum absolute atomic E-state index is 0.572. The van der Waals surface area contributed by atoms with Crippen LogP contribution in [0.25, 0.3) is 0 Å². The van der Waals surface area contributed by atoms with Gasteiger partial charge in [0.1, 0.15) is 0 Å². The van der Waals surface area contributed by atoms with Gasteiger partial charge in [-0.2, -0.15) is 0 Å². The lowest BCUT2D eigenvalue weighted by atomic mass is 10.1. The molecule has 0 atom stereocenters. The summed E-state index contributed by atoms with van der Waals surface area (Å²) in [6.45, 7) is 14.5. The molecule has 0 bridgehead atoms. The summed E-state index contributed by atoms with van der Waals surface area (Å²) in [5, 5.41) is 0. The third-order valence-corrected chi connectivity index (χ3v) is 2.47. The molecule has 0 saturated heterocycles. The van der Waals surface area contributed by atoms with Gasteiger partial charge in [0.2, 0.25) is 0 Å². The second kappa shape index (κ2) is 7.10. The minimum atomic E-state index is 0.572. The Kier molecular flexibility index (Phi) is 6.55. The lowest BCUT2D eigenvalue weighted by Crippen LogP contribution is -2.15. The second-order valence-corrected chi connectivity index (χ2v) is 4.32. The Bertz CT molecular complexity index is 316. The van der Waals surface area contributed by atoms with Crippen molar-refractivity contribution in [2.75, 3.05) is 7.05 Å². The van der Waals surface area contributed by atoms with Crippen molar-refractivity contribution >= 4 is 0 Å². The predicted molar refractivity (Wildman–Crippen MR) is 74.1 cm³/mol. The molecule has 0 aromatic heterocycles. The number of likely N-dealkylation sites (N-methyl/N-ethyl adjacent to an activating group) is 1. The first-order valence-electron chi connectivity index (χ1n) is 5.84. The highest BCUT2D eigenvalue weighted by Crippen LogP contribution is 2.19. The Morgan fingerprint density at radius 3 is 2.06 bits per heavy atom. The zero-order chi connectivity index (χ0) is 12.7. The van der Waals surface area contributed by atoms with Crippen LogP contribution in [-0.2, 0) is 0 Å². The molecule has 0 heterocycles. The number of allylic oxidation sites excluding steroid dienone is 5. The highest BCUT2D eigenvalue weighted by atomic mass is 15.1. The fraction of sp³-hybridized carbons (Fsp3) is 0.467. The van der Waals surface area contributed by atoms with Crippen molar-refractivity contribution in [2.24, 2.45) is 5.92 Å². The number of hydrogen-bond donors (Lipinski definition) is 0. The van der Waals surface area contributed by atoms with Crippen molar-refractivity contribution in [1.29, 1.82) is 0 Å². The van der Waals surface area contributed by atoms with E-state index < -0.39 is 0 Å². The maximum Gasteiger partial charge on any atom is 0.0432 e. The fourth-order valence-corrected chi connectivity index (χ4v) is 1.39. The van der Waals surface area contributed by atoms with Gasteiger partial charge < -0.3 is 4.90 Å². The molecular weight excluding hydrogens is 194 g/mol. The van der Waals surface area contributed by atoms with Crippen LogP contribution in [0.3, 0.4) is 0 Å². The molecule has 1 heteroatoms. The standard InChI is InChI=1S/C15H25N/c1-8-14(11-10-12(3)4)15(9-2)16(7)13(5)6/h8-12H,5H2,1-4,6-7H3/b11-10-,14-8+,15-9-. The van der Waals surface area contributed by atoms with Gasteiger partial charge in [0.15, 0.2) is 0 Å². The third kappa shape index (κ3) is 4.52. The molecule has 90 valence electrons. The van der Waals surface area contributed by atoms with E-state index in [0.29, 0.717) is 5.92 Å². The number of rotatable bonds is 5.